The molecule has 22 heavy (non-hydrogen) atoms. The van der Waals surface area contributed by atoms with Crippen LogP contribution in [0.1, 0.15) is 20.7 Å². The Labute approximate surface area is 166 Å². The quantitative estimate of drug-likeness (QED) is 0.391. The number of hydrogen-bond acceptors (Lipinski definition) is 5. The van der Waals surface area contributed by atoms with Crippen LogP contribution < -0.4 is 5.32 Å². The van der Waals surface area contributed by atoms with Crippen molar-refractivity contribution in [3.63, 3.8) is 0 Å². The fourth-order valence-electron chi connectivity index (χ4n) is 1.59. The van der Waals surface area contributed by atoms with Crippen LogP contribution in [0.3, 0.4) is 0 Å². The van der Waals surface area contributed by atoms with Crippen molar-refractivity contribution in [2.24, 2.45) is 0 Å². The summed E-state index contributed by atoms with van der Waals surface area (Å²) in [6.45, 7) is -0.166. The molecule has 1 rings (SSSR count). The minimum absolute atomic E-state index is 0.0812. The average molecular weight is 645 g/mol. The first-order chi connectivity index (χ1) is 10.2. The lowest BCUT2D eigenvalue weighted by Crippen LogP contribution is -2.21. The minimum Gasteiger partial charge on any atom is -0.478 e. The summed E-state index contributed by atoms with van der Waals surface area (Å²) in [5.41, 5.74) is 0.127. The number of benzene rings is 1. The second-order valence-corrected chi connectivity index (χ2v) is 7.24. The van der Waals surface area contributed by atoms with Gasteiger partial charge in [-0.3, -0.25) is 4.79 Å². The second-order valence-electron chi connectivity index (χ2n) is 4.00. The van der Waals surface area contributed by atoms with Crippen molar-refractivity contribution in [2.45, 2.75) is 0 Å². The number of halogens is 3. The van der Waals surface area contributed by atoms with Crippen LogP contribution in [0.25, 0.3) is 0 Å². The number of carbonyl (C=O) groups excluding carboxylic acids is 1. The number of anilines is 1. The highest BCUT2D eigenvalue weighted by molar-refractivity contribution is 14.1. The van der Waals surface area contributed by atoms with Gasteiger partial charge in [-0.15, -0.1) is 0 Å². The van der Waals surface area contributed by atoms with Crippen molar-refractivity contribution in [1.82, 2.24) is 0 Å². The molecule has 1 aromatic rings. The fraction of sp³-hybridized carbons (Fsp3) is 0.250. The van der Waals surface area contributed by atoms with E-state index < -0.39 is 11.9 Å². The third-order valence-corrected chi connectivity index (χ3v) is 5.75. The molecule has 0 fully saturated rings. The first-order valence-corrected chi connectivity index (χ1v) is 8.87. The molecule has 0 saturated heterocycles. The van der Waals surface area contributed by atoms with Crippen molar-refractivity contribution in [3.8, 4) is 0 Å². The maximum absolute atomic E-state index is 11.5. The van der Waals surface area contributed by atoms with Crippen molar-refractivity contribution in [1.29, 1.82) is 0 Å². The lowest BCUT2D eigenvalue weighted by Gasteiger charge is -2.16. The number of ether oxygens (including phenoxy) is 1. The molecule has 0 atom stereocenters. The molecular formula is C12H10I3NO6. The number of nitrogens with one attached hydrogen (secondary N) is 1. The van der Waals surface area contributed by atoms with E-state index in [4.69, 9.17) is 4.74 Å². The first-order valence-electron chi connectivity index (χ1n) is 5.63. The van der Waals surface area contributed by atoms with Crippen molar-refractivity contribution in [3.05, 3.63) is 21.8 Å². The molecule has 0 aliphatic heterocycles. The van der Waals surface area contributed by atoms with Gasteiger partial charge in [-0.25, -0.2) is 9.59 Å². The van der Waals surface area contributed by atoms with Crippen molar-refractivity contribution >= 4 is 91.2 Å². The van der Waals surface area contributed by atoms with Gasteiger partial charge in [0.05, 0.1) is 30.5 Å². The zero-order valence-electron chi connectivity index (χ0n) is 11.1. The van der Waals surface area contributed by atoms with E-state index in [1.165, 1.54) is 7.11 Å². The van der Waals surface area contributed by atoms with Crippen LogP contribution in [-0.2, 0) is 9.53 Å². The predicted molar refractivity (Wildman–Crippen MR) is 104 cm³/mol. The SMILES string of the molecule is COCC(=O)CNc1c(I)c(C(=O)O)c(I)c(C(=O)O)c1I. The lowest BCUT2D eigenvalue weighted by molar-refractivity contribution is -0.120. The summed E-state index contributed by atoms with van der Waals surface area (Å²) in [5, 5.41) is 21.4. The van der Waals surface area contributed by atoms with Gasteiger partial charge >= 0.3 is 11.9 Å². The number of Topliss-reactive ketones (excluding diaryl/α,β-unsaturated/α-hetero) is 1. The predicted octanol–water partition coefficient (Wildman–Crippen LogP) is 2.52. The molecule has 120 valence electrons. The Hall–Kier alpha value is -0.220. The number of aromatic carboxylic acids is 2. The largest absolute Gasteiger partial charge is 0.478 e. The van der Waals surface area contributed by atoms with Crippen LogP contribution in [-0.4, -0.2) is 48.2 Å². The first kappa shape index (κ1) is 19.8. The Bertz CT molecular complexity index is 605. The smallest absolute Gasteiger partial charge is 0.337 e. The number of rotatable bonds is 7. The van der Waals surface area contributed by atoms with E-state index in [0.717, 1.165) is 0 Å². The Kier molecular flexibility index (Phi) is 7.73. The number of hydrogen-bond donors (Lipinski definition) is 3. The van der Waals surface area contributed by atoms with Crippen molar-refractivity contribution < 1.29 is 29.3 Å². The summed E-state index contributed by atoms with van der Waals surface area (Å²) in [4.78, 5) is 34.3. The number of carboxylic acids is 2. The molecule has 10 heteroatoms. The Morgan fingerprint density at radius 2 is 1.45 bits per heavy atom. The average Bonchev–Trinajstić information content (AvgIpc) is 2.37. The van der Waals surface area contributed by atoms with E-state index >= 15 is 0 Å². The van der Waals surface area contributed by atoms with Crippen LogP contribution in [0.5, 0.6) is 0 Å². The molecule has 0 spiro atoms. The summed E-state index contributed by atoms with van der Waals surface area (Å²) in [7, 11) is 1.39. The fourth-order valence-corrected chi connectivity index (χ4v) is 6.06. The highest BCUT2D eigenvalue weighted by Gasteiger charge is 2.27. The zero-order chi connectivity index (χ0) is 17.0. The third-order valence-electron chi connectivity index (χ3n) is 2.51. The number of methoxy groups -OCH3 is 1. The minimum atomic E-state index is -1.22. The van der Waals surface area contributed by atoms with Crippen molar-refractivity contribution in [2.75, 3.05) is 25.6 Å². The summed E-state index contributed by atoms with van der Waals surface area (Å²) in [6.07, 6.45) is 0. The second kappa shape index (κ2) is 8.58. The maximum Gasteiger partial charge on any atom is 0.337 e. The highest BCUT2D eigenvalue weighted by atomic mass is 127. The molecule has 3 N–H and O–H groups in total. The molecule has 1 aromatic carbocycles. The van der Waals surface area contributed by atoms with E-state index in [1.54, 1.807) is 22.6 Å². The number of carbonyl (C=O) groups is 3. The topological polar surface area (TPSA) is 113 Å². The van der Waals surface area contributed by atoms with Gasteiger partial charge in [-0.1, -0.05) is 0 Å². The Morgan fingerprint density at radius 1 is 1.00 bits per heavy atom. The van der Waals surface area contributed by atoms with Crippen LogP contribution >= 0.6 is 67.8 Å². The Morgan fingerprint density at radius 3 is 1.82 bits per heavy atom. The third kappa shape index (κ3) is 4.41. The highest BCUT2D eigenvalue weighted by Crippen LogP contribution is 2.35. The zero-order valence-corrected chi connectivity index (χ0v) is 17.5. The molecule has 0 unspecified atom stereocenters. The van der Waals surface area contributed by atoms with Gasteiger partial charge in [-0.2, -0.15) is 0 Å². The summed E-state index contributed by atoms with van der Waals surface area (Å²) in [5.74, 6) is -2.68. The van der Waals surface area contributed by atoms with Gasteiger partial charge < -0.3 is 20.3 Å². The molecule has 0 heterocycles. The summed E-state index contributed by atoms with van der Waals surface area (Å²) >= 11 is 5.36. The number of carboxylic acid groups (broad SMARTS) is 2. The Balaban J connectivity index is 3.40. The van der Waals surface area contributed by atoms with Crippen LogP contribution in [0.4, 0.5) is 5.69 Å². The molecule has 0 aromatic heterocycles. The van der Waals surface area contributed by atoms with Crippen LogP contribution in [0, 0.1) is 10.7 Å². The molecule has 0 aliphatic carbocycles. The van der Waals surface area contributed by atoms with E-state index in [-0.39, 0.29) is 33.6 Å². The van der Waals surface area contributed by atoms with E-state index in [1.807, 2.05) is 45.2 Å². The van der Waals surface area contributed by atoms with Gasteiger partial charge in [0.1, 0.15) is 6.61 Å². The molecule has 0 radical (unpaired) electrons. The van der Waals surface area contributed by atoms with E-state index in [2.05, 4.69) is 5.32 Å². The monoisotopic (exact) mass is 645 g/mol. The normalized spacial score (nSPS) is 10.4. The van der Waals surface area contributed by atoms with Gasteiger partial charge in [-0.05, 0) is 67.8 Å². The molecule has 0 bridgehead atoms. The van der Waals surface area contributed by atoms with Gasteiger partial charge in [0.25, 0.3) is 0 Å². The molecular weight excluding hydrogens is 635 g/mol. The van der Waals surface area contributed by atoms with Gasteiger partial charge in [0, 0.05) is 10.7 Å². The van der Waals surface area contributed by atoms with E-state index in [9.17, 15) is 24.6 Å². The van der Waals surface area contributed by atoms with Crippen LogP contribution in [0.15, 0.2) is 0 Å². The summed E-state index contributed by atoms with van der Waals surface area (Å²) < 4.78 is 5.58. The van der Waals surface area contributed by atoms with Gasteiger partial charge in [0.15, 0.2) is 5.78 Å². The summed E-state index contributed by atoms with van der Waals surface area (Å²) in [6, 6.07) is 0. The standard InChI is InChI=1S/C12H10I3NO6/c1-22-3-4(17)2-16-10-8(14)5(11(18)19)7(13)6(9(10)15)12(20)21/h16H,2-3H2,1H3,(H,18,19)(H,20,21). The van der Waals surface area contributed by atoms with E-state index in [0.29, 0.717) is 12.8 Å². The number of ketones is 1. The molecule has 7 nitrogen and oxygen atoms in total. The molecule has 0 amide bonds. The molecule has 0 saturated carbocycles. The van der Waals surface area contributed by atoms with Crippen LogP contribution in [0.2, 0.25) is 0 Å². The maximum atomic E-state index is 11.5. The lowest BCUT2D eigenvalue weighted by atomic mass is 10.1. The molecule has 0 aliphatic rings. The van der Waals surface area contributed by atoms with Gasteiger partial charge in [0.2, 0.25) is 0 Å².